The van der Waals surface area contributed by atoms with Gasteiger partial charge in [-0.15, -0.1) is 0 Å². The lowest BCUT2D eigenvalue weighted by atomic mass is 9.96. The molecule has 1 rings (SSSR count). The molecule has 0 bridgehead atoms. The Balaban J connectivity index is 2.58. The van der Waals surface area contributed by atoms with Gasteiger partial charge in [-0.05, 0) is 46.1 Å². The number of hydrogen-bond acceptors (Lipinski definition) is 2. The first-order chi connectivity index (χ1) is 8.06. The maximum atomic E-state index is 13.0. The summed E-state index contributed by atoms with van der Waals surface area (Å²) in [5.74, 6) is 0.0989. The summed E-state index contributed by atoms with van der Waals surface area (Å²) < 4.78 is 13.4. The molecule has 1 atom stereocenters. The minimum absolute atomic E-state index is 0.154. The lowest BCUT2D eigenvalue weighted by Crippen LogP contribution is -2.18. The van der Waals surface area contributed by atoms with Crippen LogP contribution >= 0.6 is 15.9 Å². The van der Waals surface area contributed by atoms with E-state index in [9.17, 15) is 9.18 Å². The number of hydrogen-bond donors (Lipinski definition) is 1. The summed E-state index contributed by atoms with van der Waals surface area (Å²) in [5, 5.41) is 0. The Hall–Kier alpha value is -0.740. The highest BCUT2D eigenvalue weighted by Crippen LogP contribution is 2.18. The molecule has 0 heterocycles. The van der Waals surface area contributed by atoms with Crippen LogP contribution in [0.2, 0.25) is 0 Å². The zero-order valence-corrected chi connectivity index (χ0v) is 11.5. The second kappa shape index (κ2) is 6.87. The third-order valence-electron chi connectivity index (χ3n) is 2.81. The SMILES string of the molecule is CCC(CN)CC(=O)Cc1ccc(F)c(Br)c1. The molecule has 17 heavy (non-hydrogen) atoms. The minimum Gasteiger partial charge on any atom is -0.330 e. The molecule has 0 aliphatic rings. The van der Waals surface area contributed by atoms with Crippen LogP contribution in [0.25, 0.3) is 0 Å². The normalized spacial score (nSPS) is 12.5. The van der Waals surface area contributed by atoms with Gasteiger partial charge in [0.1, 0.15) is 11.6 Å². The van der Waals surface area contributed by atoms with Gasteiger partial charge in [-0.3, -0.25) is 4.79 Å². The summed E-state index contributed by atoms with van der Waals surface area (Å²) in [6.07, 6.45) is 1.76. The topological polar surface area (TPSA) is 43.1 Å². The molecule has 0 spiro atoms. The van der Waals surface area contributed by atoms with Crippen molar-refractivity contribution in [3.8, 4) is 0 Å². The van der Waals surface area contributed by atoms with Gasteiger partial charge in [0.25, 0.3) is 0 Å². The second-order valence-corrected chi connectivity index (χ2v) is 5.03. The Morgan fingerprint density at radius 1 is 1.53 bits per heavy atom. The van der Waals surface area contributed by atoms with Gasteiger partial charge in [0, 0.05) is 12.8 Å². The van der Waals surface area contributed by atoms with Crippen molar-refractivity contribution in [3.63, 3.8) is 0 Å². The van der Waals surface area contributed by atoms with Crippen LogP contribution in [0.3, 0.4) is 0 Å². The fraction of sp³-hybridized carbons (Fsp3) is 0.462. The number of nitrogens with two attached hydrogens (primary N) is 1. The summed E-state index contributed by atoms with van der Waals surface area (Å²) in [4.78, 5) is 11.8. The van der Waals surface area contributed by atoms with Crippen molar-refractivity contribution in [3.05, 3.63) is 34.1 Å². The molecule has 94 valence electrons. The van der Waals surface area contributed by atoms with Gasteiger partial charge >= 0.3 is 0 Å². The summed E-state index contributed by atoms with van der Waals surface area (Å²) in [7, 11) is 0. The van der Waals surface area contributed by atoms with Crippen LogP contribution in [0.4, 0.5) is 4.39 Å². The fourth-order valence-electron chi connectivity index (χ4n) is 1.67. The average Bonchev–Trinajstić information content (AvgIpc) is 2.31. The number of ketones is 1. The molecule has 0 saturated heterocycles. The highest BCUT2D eigenvalue weighted by atomic mass is 79.9. The first-order valence-electron chi connectivity index (χ1n) is 5.72. The van der Waals surface area contributed by atoms with E-state index in [4.69, 9.17) is 5.73 Å². The van der Waals surface area contributed by atoms with Crippen LogP contribution in [0.15, 0.2) is 22.7 Å². The van der Waals surface area contributed by atoms with Crippen molar-refractivity contribution in [2.75, 3.05) is 6.54 Å². The summed E-state index contributed by atoms with van der Waals surface area (Å²) >= 11 is 3.11. The van der Waals surface area contributed by atoms with Gasteiger partial charge in [0.05, 0.1) is 4.47 Å². The smallest absolute Gasteiger partial charge is 0.137 e. The van der Waals surface area contributed by atoms with E-state index in [0.717, 1.165) is 12.0 Å². The third kappa shape index (κ3) is 4.56. The first kappa shape index (κ1) is 14.3. The summed E-state index contributed by atoms with van der Waals surface area (Å²) in [5.41, 5.74) is 6.39. The number of Topliss-reactive ketones (excluding diaryl/α,β-unsaturated/α-hetero) is 1. The Kier molecular flexibility index (Phi) is 5.78. The van der Waals surface area contributed by atoms with E-state index in [2.05, 4.69) is 15.9 Å². The Morgan fingerprint density at radius 2 is 2.24 bits per heavy atom. The van der Waals surface area contributed by atoms with E-state index < -0.39 is 0 Å². The minimum atomic E-state index is -0.311. The lowest BCUT2D eigenvalue weighted by molar-refractivity contribution is -0.119. The maximum Gasteiger partial charge on any atom is 0.137 e. The quantitative estimate of drug-likeness (QED) is 0.877. The van der Waals surface area contributed by atoms with E-state index >= 15 is 0 Å². The summed E-state index contributed by atoms with van der Waals surface area (Å²) in [6, 6.07) is 4.66. The third-order valence-corrected chi connectivity index (χ3v) is 3.42. The predicted molar refractivity (Wildman–Crippen MR) is 70.3 cm³/mol. The molecule has 1 unspecified atom stereocenters. The van der Waals surface area contributed by atoms with Crippen molar-refractivity contribution in [2.24, 2.45) is 11.7 Å². The van der Waals surface area contributed by atoms with Gasteiger partial charge in [-0.1, -0.05) is 19.4 Å². The molecule has 0 aromatic heterocycles. The maximum absolute atomic E-state index is 13.0. The highest BCUT2D eigenvalue weighted by Gasteiger charge is 2.11. The second-order valence-electron chi connectivity index (χ2n) is 4.18. The van der Waals surface area contributed by atoms with E-state index in [0.29, 0.717) is 23.9 Å². The molecule has 1 aromatic rings. The van der Waals surface area contributed by atoms with Crippen LogP contribution in [-0.2, 0) is 11.2 Å². The van der Waals surface area contributed by atoms with E-state index in [1.54, 1.807) is 12.1 Å². The van der Waals surface area contributed by atoms with E-state index in [1.807, 2.05) is 6.92 Å². The largest absolute Gasteiger partial charge is 0.330 e. The van der Waals surface area contributed by atoms with Gasteiger partial charge in [-0.2, -0.15) is 0 Å². The zero-order valence-electron chi connectivity index (χ0n) is 9.88. The Labute approximate surface area is 110 Å². The van der Waals surface area contributed by atoms with Crippen LogP contribution in [0.1, 0.15) is 25.3 Å². The fourth-order valence-corrected chi connectivity index (χ4v) is 2.09. The van der Waals surface area contributed by atoms with Crippen molar-refractivity contribution in [1.29, 1.82) is 0 Å². The van der Waals surface area contributed by atoms with Gasteiger partial charge in [-0.25, -0.2) is 4.39 Å². The standard InChI is InChI=1S/C13H17BrFNO/c1-2-9(8-16)5-11(17)6-10-3-4-13(15)12(14)7-10/h3-4,7,9H,2,5-6,8,16H2,1H3. The van der Waals surface area contributed by atoms with E-state index in [-0.39, 0.29) is 17.5 Å². The number of halogens is 2. The predicted octanol–water partition coefficient (Wildman–Crippen LogP) is 3.07. The van der Waals surface area contributed by atoms with Gasteiger partial charge in [0.15, 0.2) is 0 Å². The molecule has 0 radical (unpaired) electrons. The Morgan fingerprint density at radius 3 is 2.76 bits per heavy atom. The van der Waals surface area contributed by atoms with Crippen molar-refractivity contribution >= 4 is 21.7 Å². The van der Waals surface area contributed by atoms with Gasteiger partial charge < -0.3 is 5.73 Å². The molecule has 0 fully saturated rings. The molecule has 2 N–H and O–H groups in total. The van der Waals surface area contributed by atoms with Crippen molar-refractivity contribution < 1.29 is 9.18 Å². The number of rotatable bonds is 6. The molecule has 0 aliphatic carbocycles. The molecule has 4 heteroatoms. The van der Waals surface area contributed by atoms with Crippen LogP contribution in [0, 0.1) is 11.7 Å². The Bertz CT molecular complexity index is 391. The van der Waals surface area contributed by atoms with E-state index in [1.165, 1.54) is 6.07 Å². The number of carbonyl (C=O) groups excluding carboxylic acids is 1. The number of benzene rings is 1. The number of carbonyl (C=O) groups is 1. The van der Waals surface area contributed by atoms with Crippen LogP contribution < -0.4 is 5.73 Å². The average molecular weight is 302 g/mol. The van der Waals surface area contributed by atoms with Crippen LogP contribution in [0.5, 0.6) is 0 Å². The monoisotopic (exact) mass is 301 g/mol. The van der Waals surface area contributed by atoms with Crippen LogP contribution in [-0.4, -0.2) is 12.3 Å². The lowest BCUT2D eigenvalue weighted by Gasteiger charge is -2.10. The molecule has 0 amide bonds. The van der Waals surface area contributed by atoms with Gasteiger partial charge in [0.2, 0.25) is 0 Å². The summed E-state index contributed by atoms with van der Waals surface area (Å²) in [6.45, 7) is 2.56. The first-order valence-corrected chi connectivity index (χ1v) is 6.51. The molecule has 0 saturated carbocycles. The van der Waals surface area contributed by atoms with Crippen molar-refractivity contribution in [2.45, 2.75) is 26.2 Å². The molecule has 1 aromatic carbocycles. The van der Waals surface area contributed by atoms with Crippen molar-refractivity contribution in [1.82, 2.24) is 0 Å². The molecule has 2 nitrogen and oxygen atoms in total. The molecule has 0 aliphatic heterocycles. The zero-order chi connectivity index (χ0) is 12.8. The molecular formula is C13H17BrFNO. The highest BCUT2D eigenvalue weighted by molar-refractivity contribution is 9.10. The molecular weight excluding hydrogens is 285 g/mol.